The Morgan fingerprint density at radius 3 is 2.65 bits per heavy atom. The quantitative estimate of drug-likeness (QED) is 0.902. The molecule has 1 N–H and O–H groups in total. The molecule has 6 heteroatoms. The summed E-state index contributed by atoms with van der Waals surface area (Å²) in [4.78, 5) is 22.8. The molecule has 1 aliphatic heterocycles. The number of amides is 1. The van der Waals surface area contributed by atoms with E-state index >= 15 is 0 Å². The third-order valence-corrected chi connectivity index (χ3v) is 3.63. The molecular weight excluding hydrogens is 254 g/mol. The molecule has 0 aromatic carbocycles. The maximum absolute atomic E-state index is 12.3. The van der Waals surface area contributed by atoms with Crippen molar-refractivity contribution >= 4 is 5.91 Å². The van der Waals surface area contributed by atoms with Gasteiger partial charge in [-0.3, -0.25) is 14.9 Å². The van der Waals surface area contributed by atoms with Crippen LogP contribution in [-0.2, 0) is 0 Å². The van der Waals surface area contributed by atoms with Gasteiger partial charge in [-0.15, -0.1) is 0 Å². The molecule has 1 saturated heterocycles. The van der Waals surface area contributed by atoms with Crippen molar-refractivity contribution in [3.8, 4) is 11.3 Å². The Bertz CT molecular complexity index is 623. The van der Waals surface area contributed by atoms with Crippen molar-refractivity contribution in [3.05, 3.63) is 29.5 Å². The number of hydrogen-bond donors (Lipinski definition) is 1. The van der Waals surface area contributed by atoms with Gasteiger partial charge in [-0.25, -0.2) is 4.98 Å². The van der Waals surface area contributed by atoms with E-state index in [0.717, 1.165) is 42.9 Å². The number of carbonyl (C=O) groups excluding carboxylic acids is 1. The summed E-state index contributed by atoms with van der Waals surface area (Å²) in [5, 5.41) is 7.08. The van der Waals surface area contributed by atoms with E-state index < -0.39 is 0 Å². The lowest BCUT2D eigenvalue weighted by molar-refractivity contribution is 0.0786. The van der Waals surface area contributed by atoms with Gasteiger partial charge in [0.25, 0.3) is 5.91 Å². The standard InChI is InChI=1S/C14H17N5O/c1-9-13(10(2)18-17-9)11-7-15-8-12(16-11)14(20)19-5-3-4-6-19/h7-8H,3-6H2,1-2H3,(H,17,18). The molecule has 0 unspecified atom stereocenters. The Morgan fingerprint density at radius 2 is 2.00 bits per heavy atom. The van der Waals surface area contributed by atoms with E-state index in [0.29, 0.717) is 11.4 Å². The summed E-state index contributed by atoms with van der Waals surface area (Å²) in [5.74, 6) is -0.0318. The van der Waals surface area contributed by atoms with Gasteiger partial charge in [0, 0.05) is 24.3 Å². The van der Waals surface area contributed by atoms with Gasteiger partial charge in [0.2, 0.25) is 0 Å². The molecule has 0 spiro atoms. The highest BCUT2D eigenvalue weighted by Gasteiger charge is 2.22. The molecule has 6 nitrogen and oxygen atoms in total. The molecule has 0 saturated carbocycles. The molecule has 0 radical (unpaired) electrons. The molecule has 0 atom stereocenters. The monoisotopic (exact) mass is 271 g/mol. The fourth-order valence-corrected chi connectivity index (χ4v) is 2.60. The second kappa shape index (κ2) is 5.03. The lowest BCUT2D eigenvalue weighted by atomic mass is 10.1. The topological polar surface area (TPSA) is 74.8 Å². The Kier molecular flexibility index (Phi) is 3.22. The van der Waals surface area contributed by atoms with Crippen LogP contribution < -0.4 is 0 Å². The smallest absolute Gasteiger partial charge is 0.274 e. The van der Waals surface area contributed by atoms with Crippen LogP contribution in [0.15, 0.2) is 12.4 Å². The number of nitrogens with zero attached hydrogens (tertiary/aromatic N) is 4. The van der Waals surface area contributed by atoms with Gasteiger partial charge >= 0.3 is 0 Å². The van der Waals surface area contributed by atoms with Crippen LogP contribution in [-0.4, -0.2) is 44.1 Å². The average Bonchev–Trinajstić information content (AvgIpc) is 3.09. The SMILES string of the molecule is Cc1n[nH]c(C)c1-c1cncc(C(=O)N2CCCC2)n1. The van der Waals surface area contributed by atoms with Crippen LogP contribution in [0.2, 0.25) is 0 Å². The van der Waals surface area contributed by atoms with E-state index in [1.807, 2.05) is 18.7 Å². The number of rotatable bonds is 2. The molecule has 20 heavy (non-hydrogen) atoms. The maximum atomic E-state index is 12.3. The highest BCUT2D eigenvalue weighted by atomic mass is 16.2. The fraction of sp³-hybridized carbons (Fsp3) is 0.429. The van der Waals surface area contributed by atoms with Gasteiger partial charge in [-0.05, 0) is 26.7 Å². The predicted molar refractivity (Wildman–Crippen MR) is 74.2 cm³/mol. The number of aryl methyl sites for hydroxylation is 2. The molecule has 2 aromatic heterocycles. The minimum absolute atomic E-state index is 0.0318. The van der Waals surface area contributed by atoms with Crippen LogP contribution in [0.5, 0.6) is 0 Å². The first-order valence-corrected chi connectivity index (χ1v) is 6.80. The number of aromatic amines is 1. The Balaban J connectivity index is 1.95. The number of hydrogen-bond acceptors (Lipinski definition) is 4. The Morgan fingerprint density at radius 1 is 1.25 bits per heavy atom. The zero-order valence-corrected chi connectivity index (χ0v) is 11.7. The zero-order valence-electron chi connectivity index (χ0n) is 11.7. The summed E-state index contributed by atoms with van der Waals surface area (Å²) in [6.07, 6.45) is 5.35. The third-order valence-electron chi connectivity index (χ3n) is 3.63. The van der Waals surface area contributed by atoms with Gasteiger partial charge < -0.3 is 4.90 Å². The van der Waals surface area contributed by atoms with Gasteiger partial charge in [-0.1, -0.05) is 0 Å². The summed E-state index contributed by atoms with van der Waals surface area (Å²) in [6.45, 7) is 5.48. The lowest BCUT2D eigenvalue weighted by Crippen LogP contribution is -2.28. The molecular formula is C14H17N5O. The molecule has 2 aromatic rings. The van der Waals surface area contributed by atoms with Gasteiger partial charge in [0.1, 0.15) is 5.69 Å². The molecule has 3 rings (SSSR count). The molecule has 0 bridgehead atoms. The van der Waals surface area contributed by atoms with Gasteiger partial charge in [0.05, 0.1) is 23.8 Å². The van der Waals surface area contributed by atoms with Crippen molar-refractivity contribution in [2.75, 3.05) is 13.1 Å². The number of nitrogens with one attached hydrogen (secondary N) is 1. The largest absolute Gasteiger partial charge is 0.337 e. The minimum atomic E-state index is -0.0318. The number of H-pyrrole nitrogens is 1. The first kappa shape index (κ1) is 12.8. The number of carbonyl (C=O) groups is 1. The fourth-order valence-electron chi connectivity index (χ4n) is 2.60. The van der Waals surface area contributed by atoms with Crippen LogP contribution in [0.3, 0.4) is 0 Å². The highest BCUT2D eigenvalue weighted by Crippen LogP contribution is 2.23. The highest BCUT2D eigenvalue weighted by molar-refractivity contribution is 5.92. The number of aromatic nitrogens is 4. The molecule has 1 amide bonds. The predicted octanol–water partition coefficient (Wildman–Crippen LogP) is 1.72. The third kappa shape index (κ3) is 2.17. The van der Waals surface area contributed by atoms with Crippen molar-refractivity contribution in [2.24, 2.45) is 0 Å². The zero-order chi connectivity index (χ0) is 14.1. The lowest BCUT2D eigenvalue weighted by Gasteiger charge is -2.14. The molecule has 3 heterocycles. The van der Waals surface area contributed by atoms with Gasteiger partial charge in [0.15, 0.2) is 0 Å². The van der Waals surface area contributed by atoms with Crippen LogP contribution in [0.1, 0.15) is 34.7 Å². The minimum Gasteiger partial charge on any atom is -0.337 e. The summed E-state index contributed by atoms with van der Waals surface area (Å²) in [5.41, 5.74) is 3.82. The molecule has 0 aliphatic carbocycles. The van der Waals surface area contributed by atoms with Crippen molar-refractivity contribution in [3.63, 3.8) is 0 Å². The van der Waals surface area contributed by atoms with E-state index in [1.165, 1.54) is 6.20 Å². The van der Waals surface area contributed by atoms with Crippen LogP contribution in [0.4, 0.5) is 0 Å². The number of likely N-dealkylation sites (tertiary alicyclic amines) is 1. The van der Waals surface area contributed by atoms with E-state index in [1.54, 1.807) is 6.20 Å². The summed E-state index contributed by atoms with van der Waals surface area (Å²) >= 11 is 0. The van der Waals surface area contributed by atoms with Crippen LogP contribution >= 0.6 is 0 Å². The van der Waals surface area contributed by atoms with Crippen LogP contribution in [0.25, 0.3) is 11.3 Å². The van der Waals surface area contributed by atoms with Crippen molar-refractivity contribution in [1.29, 1.82) is 0 Å². The molecule has 1 aliphatic rings. The normalized spacial score (nSPS) is 14.8. The van der Waals surface area contributed by atoms with E-state index in [-0.39, 0.29) is 5.91 Å². The average molecular weight is 271 g/mol. The maximum Gasteiger partial charge on any atom is 0.274 e. The summed E-state index contributed by atoms with van der Waals surface area (Å²) < 4.78 is 0. The van der Waals surface area contributed by atoms with E-state index in [9.17, 15) is 4.79 Å². The molecule has 104 valence electrons. The Labute approximate surface area is 117 Å². The Hall–Kier alpha value is -2.24. The van der Waals surface area contributed by atoms with Crippen molar-refractivity contribution < 1.29 is 4.79 Å². The van der Waals surface area contributed by atoms with Crippen molar-refractivity contribution in [2.45, 2.75) is 26.7 Å². The van der Waals surface area contributed by atoms with Crippen LogP contribution in [0, 0.1) is 13.8 Å². The summed E-state index contributed by atoms with van der Waals surface area (Å²) in [7, 11) is 0. The second-order valence-corrected chi connectivity index (χ2v) is 5.10. The van der Waals surface area contributed by atoms with Crippen molar-refractivity contribution in [1.82, 2.24) is 25.1 Å². The van der Waals surface area contributed by atoms with Gasteiger partial charge in [-0.2, -0.15) is 5.10 Å². The second-order valence-electron chi connectivity index (χ2n) is 5.10. The van der Waals surface area contributed by atoms with E-state index in [4.69, 9.17) is 0 Å². The first-order valence-electron chi connectivity index (χ1n) is 6.80. The first-order chi connectivity index (χ1) is 9.66. The summed E-state index contributed by atoms with van der Waals surface area (Å²) in [6, 6.07) is 0. The molecule has 1 fully saturated rings. The van der Waals surface area contributed by atoms with E-state index in [2.05, 4.69) is 20.2 Å².